The molecule has 0 saturated carbocycles. The first-order chi connectivity index (χ1) is 9.98. The summed E-state index contributed by atoms with van der Waals surface area (Å²) in [5, 5.41) is 4.67. The Morgan fingerprint density at radius 1 is 1.14 bits per heavy atom. The number of nitrogens with zero attached hydrogens (tertiary/aromatic N) is 1. The van der Waals surface area contributed by atoms with E-state index >= 15 is 0 Å². The summed E-state index contributed by atoms with van der Waals surface area (Å²) in [6, 6.07) is 12.8. The molecule has 1 heterocycles. The molecule has 21 heavy (non-hydrogen) atoms. The minimum absolute atomic E-state index is 0.107. The molecule has 0 spiro atoms. The van der Waals surface area contributed by atoms with Crippen LogP contribution >= 0.6 is 0 Å². The number of benzene rings is 1. The van der Waals surface area contributed by atoms with Crippen molar-refractivity contribution in [3.8, 4) is 0 Å². The molecular weight excluding hydrogens is 260 g/mol. The third-order valence-electron chi connectivity index (χ3n) is 3.32. The van der Waals surface area contributed by atoms with Gasteiger partial charge in [0.15, 0.2) is 0 Å². The summed E-state index contributed by atoms with van der Waals surface area (Å²) >= 11 is 0. The minimum Gasteiger partial charge on any atom is -0.374 e. The molecule has 0 saturated heterocycles. The summed E-state index contributed by atoms with van der Waals surface area (Å²) < 4.78 is 5.91. The largest absolute Gasteiger partial charge is 0.374 e. The van der Waals surface area contributed by atoms with Crippen LogP contribution in [-0.4, -0.2) is 29.8 Å². The number of nitrogens with one attached hydrogen (secondary N) is 1. The van der Waals surface area contributed by atoms with Crippen molar-refractivity contribution in [3.63, 3.8) is 0 Å². The van der Waals surface area contributed by atoms with Crippen LogP contribution < -0.4 is 5.32 Å². The Bertz CT molecular complexity index is 575. The van der Waals surface area contributed by atoms with Crippen molar-refractivity contribution >= 4 is 10.9 Å². The van der Waals surface area contributed by atoms with Crippen molar-refractivity contribution in [2.24, 2.45) is 0 Å². The lowest BCUT2D eigenvalue weighted by Crippen LogP contribution is -2.38. The highest BCUT2D eigenvalue weighted by molar-refractivity contribution is 5.78. The molecule has 3 nitrogen and oxygen atoms in total. The number of rotatable bonds is 6. The van der Waals surface area contributed by atoms with Gasteiger partial charge in [0, 0.05) is 23.5 Å². The van der Waals surface area contributed by atoms with Crippen molar-refractivity contribution < 1.29 is 4.74 Å². The molecule has 3 heteroatoms. The summed E-state index contributed by atoms with van der Waals surface area (Å²) in [6.45, 7) is 10.0. The molecule has 0 aliphatic heterocycles. The molecule has 0 aliphatic rings. The van der Waals surface area contributed by atoms with E-state index in [1.165, 1.54) is 5.39 Å². The lowest BCUT2D eigenvalue weighted by atomic mass is 10.1. The maximum atomic E-state index is 5.91. The first-order valence-electron chi connectivity index (χ1n) is 7.70. The van der Waals surface area contributed by atoms with Gasteiger partial charge in [-0.15, -0.1) is 0 Å². The fourth-order valence-corrected chi connectivity index (χ4v) is 2.30. The molecule has 1 atom stereocenters. The molecule has 2 rings (SSSR count). The van der Waals surface area contributed by atoms with Gasteiger partial charge < -0.3 is 10.1 Å². The molecule has 1 aromatic heterocycles. The smallest absolute Gasteiger partial charge is 0.0705 e. The average molecular weight is 286 g/mol. The van der Waals surface area contributed by atoms with Crippen molar-refractivity contribution in [1.82, 2.24) is 10.3 Å². The first kappa shape index (κ1) is 15.9. The van der Waals surface area contributed by atoms with Crippen LogP contribution in [0, 0.1) is 0 Å². The molecule has 0 aliphatic carbocycles. The Kier molecular flexibility index (Phi) is 5.32. The Morgan fingerprint density at radius 3 is 2.62 bits per heavy atom. The second-order valence-electron chi connectivity index (χ2n) is 6.38. The SMILES string of the molecule is CCNC(COC(C)(C)C)Cc1ccc2ccccc2n1. The van der Waals surface area contributed by atoms with Crippen LogP contribution in [0.2, 0.25) is 0 Å². The number of likely N-dealkylation sites (N-methyl/N-ethyl adjacent to an activating group) is 1. The van der Waals surface area contributed by atoms with Crippen molar-refractivity contribution in [3.05, 3.63) is 42.1 Å². The number of ether oxygens (including phenoxy) is 1. The summed E-state index contributed by atoms with van der Waals surface area (Å²) in [5.41, 5.74) is 2.06. The lowest BCUT2D eigenvalue weighted by Gasteiger charge is -2.25. The van der Waals surface area contributed by atoms with Gasteiger partial charge in [0.1, 0.15) is 0 Å². The van der Waals surface area contributed by atoms with Gasteiger partial charge in [-0.3, -0.25) is 4.98 Å². The third kappa shape index (κ3) is 5.10. The van der Waals surface area contributed by atoms with Crippen LogP contribution in [0.5, 0.6) is 0 Å². The van der Waals surface area contributed by atoms with E-state index in [4.69, 9.17) is 9.72 Å². The number of pyridine rings is 1. The predicted octanol–water partition coefficient (Wildman–Crippen LogP) is 3.57. The highest BCUT2D eigenvalue weighted by atomic mass is 16.5. The number of para-hydroxylation sites is 1. The van der Waals surface area contributed by atoms with E-state index < -0.39 is 0 Å². The van der Waals surface area contributed by atoms with E-state index in [9.17, 15) is 0 Å². The van der Waals surface area contributed by atoms with Crippen LogP contribution in [0.3, 0.4) is 0 Å². The van der Waals surface area contributed by atoms with Gasteiger partial charge in [-0.1, -0.05) is 31.2 Å². The van der Waals surface area contributed by atoms with Crippen LogP contribution in [0.1, 0.15) is 33.4 Å². The van der Waals surface area contributed by atoms with E-state index in [-0.39, 0.29) is 5.60 Å². The van der Waals surface area contributed by atoms with Gasteiger partial charge in [-0.25, -0.2) is 0 Å². The lowest BCUT2D eigenvalue weighted by molar-refractivity contribution is -0.0142. The molecular formula is C18H26N2O. The minimum atomic E-state index is -0.107. The van der Waals surface area contributed by atoms with E-state index in [0.717, 1.165) is 24.2 Å². The van der Waals surface area contributed by atoms with E-state index in [1.54, 1.807) is 0 Å². The second kappa shape index (κ2) is 7.01. The molecule has 114 valence electrons. The Labute approximate surface area is 127 Å². The predicted molar refractivity (Wildman–Crippen MR) is 88.6 cm³/mol. The van der Waals surface area contributed by atoms with Crippen LogP contribution in [0.15, 0.2) is 36.4 Å². The maximum absolute atomic E-state index is 5.91. The zero-order valence-electron chi connectivity index (χ0n) is 13.5. The van der Waals surface area contributed by atoms with Gasteiger partial charge in [-0.05, 0) is 39.4 Å². The topological polar surface area (TPSA) is 34.1 Å². The number of fused-ring (bicyclic) bond motifs is 1. The third-order valence-corrected chi connectivity index (χ3v) is 3.32. The fraction of sp³-hybridized carbons (Fsp3) is 0.500. The number of aromatic nitrogens is 1. The average Bonchev–Trinajstić information content (AvgIpc) is 2.44. The van der Waals surface area contributed by atoms with Crippen LogP contribution in [0.25, 0.3) is 10.9 Å². The zero-order chi connectivity index (χ0) is 15.3. The zero-order valence-corrected chi connectivity index (χ0v) is 13.5. The van der Waals surface area contributed by atoms with Gasteiger partial charge in [0.2, 0.25) is 0 Å². The summed E-state index contributed by atoms with van der Waals surface area (Å²) in [5.74, 6) is 0. The molecule has 1 aromatic carbocycles. The quantitative estimate of drug-likeness (QED) is 0.881. The normalized spacial score (nSPS) is 13.5. The molecule has 0 bridgehead atoms. The Morgan fingerprint density at radius 2 is 1.90 bits per heavy atom. The van der Waals surface area contributed by atoms with Crippen molar-refractivity contribution in [1.29, 1.82) is 0 Å². The van der Waals surface area contributed by atoms with Gasteiger partial charge in [-0.2, -0.15) is 0 Å². The number of hydrogen-bond donors (Lipinski definition) is 1. The Hall–Kier alpha value is -1.45. The van der Waals surface area contributed by atoms with Crippen LogP contribution in [0.4, 0.5) is 0 Å². The van der Waals surface area contributed by atoms with Gasteiger partial charge in [0.25, 0.3) is 0 Å². The molecule has 2 aromatic rings. The highest BCUT2D eigenvalue weighted by Crippen LogP contribution is 2.14. The monoisotopic (exact) mass is 286 g/mol. The molecule has 0 amide bonds. The van der Waals surface area contributed by atoms with E-state index in [0.29, 0.717) is 12.6 Å². The van der Waals surface area contributed by atoms with Crippen molar-refractivity contribution in [2.75, 3.05) is 13.2 Å². The van der Waals surface area contributed by atoms with Crippen LogP contribution in [-0.2, 0) is 11.2 Å². The molecule has 1 N–H and O–H groups in total. The number of hydrogen-bond acceptors (Lipinski definition) is 3. The fourth-order valence-electron chi connectivity index (χ4n) is 2.30. The first-order valence-corrected chi connectivity index (χ1v) is 7.70. The molecule has 0 radical (unpaired) electrons. The van der Waals surface area contributed by atoms with E-state index in [2.05, 4.69) is 57.3 Å². The second-order valence-corrected chi connectivity index (χ2v) is 6.38. The molecule has 1 unspecified atom stereocenters. The highest BCUT2D eigenvalue weighted by Gasteiger charge is 2.16. The Balaban J connectivity index is 2.07. The standard InChI is InChI=1S/C18H26N2O/c1-5-19-16(13-21-18(2,3)4)12-15-11-10-14-8-6-7-9-17(14)20-15/h6-11,16,19H,5,12-13H2,1-4H3. The van der Waals surface area contributed by atoms with Gasteiger partial charge >= 0.3 is 0 Å². The summed E-state index contributed by atoms with van der Waals surface area (Å²) in [4.78, 5) is 4.75. The van der Waals surface area contributed by atoms with E-state index in [1.807, 2.05) is 12.1 Å². The summed E-state index contributed by atoms with van der Waals surface area (Å²) in [7, 11) is 0. The maximum Gasteiger partial charge on any atom is 0.0705 e. The summed E-state index contributed by atoms with van der Waals surface area (Å²) in [6.07, 6.45) is 0.884. The molecule has 0 fully saturated rings. The van der Waals surface area contributed by atoms with Crippen molar-refractivity contribution in [2.45, 2.75) is 45.8 Å². The van der Waals surface area contributed by atoms with Gasteiger partial charge in [0.05, 0.1) is 17.7 Å².